The summed E-state index contributed by atoms with van der Waals surface area (Å²) in [5, 5.41) is 4.05. The highest BCUT2D eigenvalue weighted by atomic mass is 35.5. The number of nitrogens with one attached hydrogen (secondary N) is 1. The Morgan fingerprint density at radius 1 is 1.22 bits per heavy atom. The van der Waals surface area contributed by atoms with Crippen LogP contribution in [0.2, 0.25) is 15.1 Å². The fraction of sp³-hybridized carbons (Fsp3) is 0.400. The summed E-state index contributed by atoms with van der Waals surface area (Å²) in [7, 11) is 0. The third-order valence-corrected chi connectivity index (χ3v) is 5.26. The molecule has 3 nitrogen and oxygen atoms in total. The van der Waals surface area contributed by atoms with Crippen molar-refractivity contribution in [2.24, 2.45) is 0 Å². The maximum Gasteiger partial charge on any atom is 0.312 e. The molecule has 0 aromatic heterocycles. The van der Waals surface area contributed by atoms with Crippen LogP contribution in [0, 0.1) is 0 Å². The Balaban J connectivity index is 3.04. The van der Waals surface area contributed by atoms with Gasteiger partial charge >= 0.3 is 6.64 Å². The van der Waals surface area contributed by atoms with E-state index in [-0.39, 0.29) is 0 Å². The number of hydrogen-bond acceptors (Lipinski definition) is 3. The molecular formula is C10H13Cl3NO2PS. The van der Waals surface area contributed by atoms with Gasteiger partial charge in [0, 0.05) is 11.6 Å². The minimum absolute atomic E-state index is 0.292. The normalized spacial score (nSPS) is 14.3. The summed E-state index contributed by atoms with van der Waals surface area (Å²) in [6, 6.07) is 3.09. The van der Waals surface area contributed by atoms with E-state index >= 15 is 0 Å². The lowest BCUT2D eigenvalue weighted by molar-refractivity contribution is 0.323. The zero-order valence-corrected chi connectivity index (χ0v) is 13.9. The fourth-order valence-corrected chi connectivity index (χ4v) is 4.51. The van der Waals surface area contributed by atoms with Crippen LogP contribution in [0.5, 0.6) is 5.75 Å². The number of hydrogen-bond donors (Lipinski definition) is 1. The monoisotopic (exact) mass is 347 g/mol. The Hall–Kier alpha value is 0.460. The summed E-state index contributed by atoms with van der Waals surface area (Å²) in [5.41, 5.74) is 0. The Labute approximate surface area is 127 Å². The van der Waals surface area contributed by atoms with Gasteiger partial charge in [0.25, 0.3) is 0 Å². The molecule has 0 bridgehead atoms. The largest absolute Gasteiger partial charge is 0.430 e. The molecule has 1 N–H and O–H groups in total. The second-order valence-electron chi connectivity index (χ2n) is 3.22. The van der Waals surface area contributed by atoms with Gasteiger partial charge in [0.05, 0.1) is 16.7 Å². The predicted octanol–water partition coefficient (Wildman–Crippen LogP) is 4.90. The van der Waals surface area contributed by atoms with Gasteiger partial charge in [-0.05, 0) is 30.9 Å². The van der Waals surface area contributed by atoms with Crippen molar-refractivity contribution in [2.75, 3.05) is 13.2 Å². The minimum Gasteiger partial charge on any atom is -0.430 e. The molecular weight excluding hydrogens is 336 g/mol. The van der Waals surface area contributed by atoms with Crippen molar-refractivity contribution >= 4 is 53.3 Å². The molecule has 0 aliphatic carbocycles. The lowest BCUT2D eigenvalue weighted by Gasteiger charge is -2.23. The minimum atomic E-state index is -2.64. The van der Waals surface area contributed by atoms with Crippen molar-refractivity contribution in [1.82, 2.24) is 5.09 Å². The predicted molar refractivity (Wildman–Crippen MR) is 81.7 cm³/mol. The fourth-order valence-electron chi connectivity index (χ4n) is 1.20. The van der Waals surface area contributed by atoms with Crippen LogP contribution < -0.4 is 9.61 Å². The average Bonchev–Trinajstić information content (AvgIpc) is 2.24. The molecule has 0 radical (unpaired) electrons. The van der Waals surface area contributed by atoms with Crippen LogP contribution in [-0.4, -0.2) is 13.2 Å². The first-order valence-corrected chi connectivity index (χ1v) is 9.03. The van der Waals surface area contributed by atoms with Gasteiger partial charge < -0.3 is 9.05 Å². The van der Waals surface area contributed by atoms with Gasteiger partial charge in [-0.25, -0.2) is 5.09 Å². The maximum atomic E-state index is 6.04. The van der Waals surface area contributed by atoms with Crippen LogP contribution in [0.25, 0.3) is 0 Å². The van der Waals surface area contributed by atoms with Crippen LogP contribution >= 0.6 is 41.4 Å². The molecule has 0 aliphatic rings. The van der Waals surface area contributed by atoms with Crippen molar-refractivity contribution in [3.8, 4) is 5.75 Å². The van der Waals surface area contributed by atoms with Crippen LogP contribution in [0.1, 0.15) is 13.8 Å². The molecule has 1 atom stereocenters. The SMILES string of the molecule is CCNP(=S)(OCC)Oc1c(Cl)cc(Cl)cc1Cl. The molecule has 0 spiro atoms. The molecule has 0 amide bonds. The average molecular weight is 349 g/mol. The molecule has 0 saturated heterocycles. The van der Waals surface area contributed by atoms with Gasteiger partial charge in [0.2, 0.25) is 0 Å². The lowest BCUT2D eigenvalue weighted by atomic mass is 10.3. The van der Waals surface area contributed by atoms with Crippen LogP contribution in [0.3, 0.4) is 0 Å². The van der Waals surface area contributed by atoms with Crippen LogP contribution in [0.4, 0.5) is 0 Å². The second kappa shape index (κ2) is 7.30. The van der Waals surface area contributed by atoms with E-state index in [2.05, 4.69) is 5.09 Å². The summed E-state index contributed by atoms with van der Waals surface area (Å²) < 4.78 is 11.1. The quantitative estimate of drug-likeness (QED) is 0.741. The zero-order chi connectivity index (χ0) is 13.8. The van der Waals surface area contributed by atoms with Crippen molar-refractivity contribution in [1.29, 1.82) is 0 Å². The third-order valence-electron chi connectivity index (χ3n) is 1.83. The molecule has 0 saturated carbocycles. The molecule has 18 heavy (non-hydrogen) atoms. The van der Waals surface area contributed by atoms with E-state index in [1.54, 1.807) is 12.1 Å². The second-order valence-corrected chi connectivity index (χ2v) is 7.66. The van der Waals surface area contributed by atoms with E-state index in [1.165, 1.54) is 0 Å². The molecule has 1 aromatic rings. The third kappa shape index (κ3) is 4.53. The van der Waals surface area contributed by atoms with E-state index in [9.17, 15) is 0 Å². The van der Waals surface area contributed by atoms with Crippen molar-refractivity contribution in [3.05, 3.63) is 27.2 Å². The van der Waals surface area contributed by atoms with Gasteiger partial charge in [-0.2, -0.15) is 0 Å². The highest BCUT2D eigenvalue weighted by Gasteiger charge is 2.22. The van der Waals surface area contributed by atoms with E-state index in [0.717, 1.165) is 0 Å². The molecule has 1 unspecified atom stereocenters. The number of rotatable bonds is 6. The number of benzene rings is 1. The van der Waals surface area contributed by atoms with E-state index in [4.69, 9.17) is 55.7 Å². The molecule has 1 rings (SSSR count). The standard InChI is InChI=1S/C10H13Cl3NO2PS/c1-3-14-17(18,15-4-2)16-10-8(12)5-7(11)6-9(10)13/h5-6H,3-4H2,1-2H3,(H,14,18). The van der Waals surface area contributed by atoms with E-state index < -0.39 is 6.64 Å². The molecule has 0 aliphatic heterocycles. The maximum absolute atomic E-state index is 6.04. The zero-order valence-electron chi connectivity index (χ0n) is 9.87. The molecule has 8 heteroatoms. The van der Waals surface area contributed by atoms with Gasteiger partial charge in [0.1, 0.15) is 0 Å². The summed E-state index contributed by atoms with van der Waals surface area (Å²) in [6.07, 6.45) is 0. The Morgan fingerprint density at radius 2 is 1.78 bits per heavy atom. The van der Waals surface area contributed by atoms with Crippen molar-refractivity contribution < 1.29 is 9.05 Å². The van der Waals surface area contributed by atoms with Gasteiger partial charge in [0.15, 0.2) is 5.75 Å². The summed E-state index contributed by atoms with van der Waals surface area (Å²) in [5.74, 6) is 0.292. The molecule has 102 valence electrons. The molecule has 0 heterocycles. The first kappa shape index (κ1) is 16.5. The highest BCUT2D eigenvalue weighted by Crippen LogP contribution is 2.49. The smallest absolute Gasteiger partial charge is 0.312 e. The Bertz CT molecular complexity index is 439. The van der Waals surface area contributed by atoms with Crippen molar-refractivity contribution in [2.45, 2.75) is 13.8 Å². The van der Waals surface area contributed by atoms with Crippen LogP contribution in [0.15, 0.2) is 12.1 Å². The van der Waals surface area contributed by atoms with Gasteiger partial charge in [-0.3, -0.25) is 0 Å². The summed E-state index contributed by atoms with van der Waals surface area (Å²) in [6.45, 7) is 2.18. The van der Waals surface area contributed by atoms with Crippen molar-refractivity contribution in [3.63, 3.8) is 0 Å². The first-order chi connectivity index (χ1) is 8.41. The van der Waals surface area contributed by atoms with E-state index in [0.29, 0.717) is 34.0 Å². The summed E-state index contributed by atoms with van der Waals surface area (Å²) >= 11 is 23.2. The van der Waals surface area contributed by atoms with Gasteiger partial charge in [-0.15, -0.1) is 0 Å². The van der Waals surface area contributed by atoms with Gasteiger partial charge in [-0.1, -0.05) is 41.7 Å². The highest BCUT2D eigenvalue weighted by molar-refractivity contribution is 8.09. The topological polar surface area (TPSA) is 30.5 Å². The Kier molecular flexibility index (Phi) is 6.70. The number of halogens is 3. The van der Waals surface area contributed by atoms with Crippen LogP contribution in [-0.2, 0) is 16.3 Å². The molecule has 0 fully saturated rings. The Morgan fingerprint density at radius 3 is 2.22 bits per heavy atom. The van der Waals surface area contributed by atoms with E-state index in [1.807, 2.05) is 13.8 Å². The first-order valence-electron chi connectivity index (χ1n) is 5.25. The molecule has 1 aromatic carbocycles. The summed E-state index contributed by atoms with van der Waals surface area (Å²) in [4.78, 5) is 0. The lowest BCUT2D eigenvalue weighted by Crippen LogP contribution is -2.16.